The molecule has 2 aliphatic carbocycles. The van der Waals surface area contributed by atoms with Gasteiger partial charge in [-0.1, -0.05) is 12.1 Å². The molecule has 7 N–H and O–H groups in total. The Morgan fingerprint density at radius 3 is 2.93 bits per heavy atom. The number of nitrogens with one attached hydrogen (secondary N) is 2. The van der Waals surface area contributed by atoms with Crippen molar-refractivity contribution < 1.29 is 14.3 Å². The van der Waals surface area contributed by atoms with E-state index >= 15 is 0 Å². The molecule has 10 heteroatoms. The summed E-state index contributed by atoms with van der Waals surface area (Å²) in [6.07, 6.45) is 1.80. The predicted molar refractivity (Wildman–Crippen MR) is 111 cm³/mol. The number of benzene rings is 1. The lowest BCUT2D eigenvalue weighted by molar-refractivity contribution is -0.123. The third kappa shape index (κ3) is 4.05. The van der Waals surface area contributed by atoms with E-state index in [1.165, 1.54) is 0 Å². The molecule has 0 aliphatic heterocycles. The molecule has 30 heavy (non-hydrogen) atoms. The van der Waals surface area contributed by atoms with Crippen molar-refractivity contribution in [2.45, 2.75) is 31.0 Å². The van der Waals surface area contributed by atoms with Crippen LogP contribution in [0.4, 0.5) is 15.9 Å². The Morgan fingerprint density at radius 2 is 2.20 bits per heavy atom. The average molecular weight is 435 g/mol. The number of aliphatic hydroxyl groups excluding tert-OH is 1. The van der Waals surface area contributed by atoms with Crippen molar-refractivity contribution in [3.8, 4) is 0 Å². The topological polar surface area (TPSA) is 139 Å². The molecule has 0 radical (unpaired) electrons. The second-order valence-corrected chi connectivity index (χ2v) is 8.37. The number of nitrogens with two attached hydrogens (primary N) is 2. The van der Waals surface area contributed by atoms with Gasteiger partial charge in [0, 0.05) is 24.3 Å². The second kappa shape index (κ2) is 8.33. The molecule has 1 amide bonds. The van der Waals surface area contributed by atoms with Gasteiger partial charge in [-0.2, -0.15) is 4.98 Å². The van der Waals surface area contributed by atoms with Crippen LogP contribution in [0, 0.1) is 23.6 Å². The average Bonchev–Trinajstić information content (AvgIpc) is 3.27. The highest BCUT2D eigenvalue weighted by molar-refractivity contribution is 6.28. The van der Waals surface area contributed by atoms with Crippen LogP contribution in [-0.4, -0.2) is 39.6 Å². The molecular formula is C20H24ClFN6O2. The first-order chi connectivity index (χ1) is 14.3. The largest absolute Gasteiger partial charge is 0.399 e. The maximum atomic E-state index is 14.1. The van der Waals surface area contributed by atoms with Crippen LogP contribution in [-0.2, 0) is 4.79 Å². The molecule has 4 rings (SSSR count). The van der Waals surface area contributed by atoms with E-state index in [1.54, 1.807) is 18.2 Å². The summed E-state index contributed by atoms with van der Waals surface area (Å²) in [7, 11) is 0. The van der Waals surface area contributed by atoms with Gasteiger partial charge in [-0.05, 0) is 54.0 Å². The van der Waals surface area contributed by atoms with Crippen LogP contribution in [0.1, 0.15) is 24.5 Å². The van der Waals surface area contributed by atoms with Gasteiger partial charge in [0.1, 0.15) is 0 Å². The van der Waals surface area contributed by atoms with Crippen molar-refractivity contribution in [3.05, 3.63) is 47.1 Å². The highest BCUT2D eigenvalue weighted by atomic mass is 35.5. The second-order valence-electron chi connectivity index (χ2n) is 8.03. The quantitative estimate of drug-likeness (QED) is 0.328. The van der Waals surface area contributed by atoms with E-state index in [2.05, 4.69) is 20.6 Å². The molecule has 1 aromatic heterocycles. The normalized spacial score (nSPS) is 28.4. The zero-order valence-corrected chi connectivity index (χ0v) is 16.9. The van der Waals surface area contributed by atoms with Crippen LogP contribution in [0.3, 0.4) is 0 Å². The van der Waals surface area contributed by atoms with Crippen LogP contribution in [0.5, 0.6) is 0 Å². The summed E-state index contributed by atoms with van der Waals surface area (Å²) in [6, 6.07) is 6.77. The van der Waals surface area contributed by atoms with Crippen molar-refractivity contribution in [1.82, 2.24) is 15.3 Å². The van der Waals surface area contributed by atoms with E-state index < -0.39 is 23.7 Å². The predicted octanol–water partition coefficient (Wildman–Crippen LogP) is 1.46. The third-order valence-electron chi connectivity index (χ3n) is 6.22. The minimum atomic E-state index is -0.718. The fraction of sp³-hybridized carbons (Fsp3) is 0.450. The maximum absolute atomic E-state index is 14.1. The third-order valence-corrected chi connectivity index (χ3v) is 6.40. The molecule has 8 nitrogen and oxygen atoms in total. The summed E-state index contributed by atoms with van der Waals surface area (Å²) in [6.45, 7) is 0.332. The number of aromatic nitrogens is 2. The Bertz CT molecular complexity index is 947. The van der Waals surface area contributed by atoms with E-state index in [9.17, 15) is 14.3 Å². The SMILES string of the molecule is NC(=O)[C@H]1[C@H]2C[C@@H]([C@H]1Nc1nc(Cl)ncc1F)[C@H](NCC(O)c1cccc(N)c1)C2. The molecule has 2 aromatic rings. The summed E-state index contributed by atoms with van der Waals surface area (Å²) >= 11 is 5.79. The maximum Gasteiger partial charge on any atom is 0.224 e. The molecule has 160 valence electrons. The summed E-state index contributed by atoms with van der Waals surface area (Å²) in [5.41, 5.74) is 12.8. The summed E-state index contributed by atoms with van der Waals surface area (Å²) in [4.78, 5) is 19.6. The molecule has 2 bridgehead atoms. The fourth-order valence-corrected chi connectivity index (χ4v) is 5.09. The lowest BCUT2D eigenvalue weighted by Crippen LogP contribution is -2.51. The summed E-state index contributed by atoms with van der Waals surface area (Å²) in [5, 5.41) is 16.8. The first-order valence-electron chi connectivity index (χ1n) is 9.84. The molecule has 1 unspecified atom stereocenters. The number of aliphatic hydroxyl groups is 1. The fourth-order valence-electron chi connectivity index (χ4n) is 4.95. The molecule has 0 spiro atoms. The molecule has 1 aromatic carbocycles. The molecule has 6 atom stereocenters. The summed E-state index contributed by atoms with van der Waals surface area (Å²) < 4.78 is 14.1. The number of rotatable bonds is 7. The number of nitrogen functional groups attached to an aromatic ring is 1. The Labute approximate surface area is 178 Å². The highest BCUT2D eigenvalue weighted by Crippen LogP contribution is 2.49. The highest BCUT2D eigenvalue weighted by Gasteiger charge is 2.55. The lowest BCUT2D eigenvalue weighted by Gasteiger charge is -2.36. The number of anilines is 2. The zero-order chi connectivity index (χ0) is 21.4. The number of nitrogens with zero attached hydrogens (tertiary/aromatic N) is 2. The zero-order valence-electron chi connectivity index (χ0n) is 16.1. The van der Waals surface area contributed by atoms with Crippen LogP contribution < -0.4 is 22.1 Å². The van der Waals surface area contributed by atoms with Crippen molar-refractivity contribution in [2.24, 2.45) is 23.5 Å². The van der Waals surface area contributed by atoms with Gasteiger partial charge < -0.3 is 27.2 Å². The van der Waals surface area contributed by atoms with Crippen LogP contribution in [0.15, 0.2) is 30.5 Å². The number of hydrogen-bond acceptors (Lipinski definition) is 7. The Hall–Kier alpha value is -2.49. The number of amides is 1. The molecule has 0 saturated heterocycles. The standard InChI is InChI=1S/C20H24ClFN6O2/c21-20-26-7-13(22)19(28-20)27-17-12-5-10(16(17)18(24)30)6-14(12)25-8-15(29)9-2-1-3-11(23)4-9/h1-4,7,10,12,14-17,25,29H,5-6,8,23H2,(H2,24,30)(H,26,27,28)/t10-,12+,14+,15?,16-,17+/m0/s1. The molecule has 2 aliphatic rings. The van der Waals surface area contributed by atoms with Gasteiger partial charge in [0.25, 0.3) is 0 Å². The minimum Gasteiger partial charge on any atom is -0.399 e. The van der Waals surface area contributed by atoms with Crippen LogP contribution >= 0.6 is 11.6 Å². The van der Waals surface area contributed by atoms with Gasteiger partial charge in [0.05, 0.1) is 18.2 Å². The number of carbonyl (C=O) groups excluding carboxylic acids is 1. The molecule has 2 fully saturated rings. The summed E-state index contributed by atoms with van der Waals surface area (Å²) in [5.74, 6) is -1.44. The van der Waals surface area contributed by atoms with Gasteiger partial charge in [0.2, 0.25) is 11.2 Å². The van der Waals surface area contributed by atoms with E-state index in [1.807, 2.05) is 6.07 Å². The Balaban J connectivity index is 1.47. The number of hydrogen-bond donors (Lipinski definition) is 5. The van der Waals surface area contributed by atoms with E-state index in [0.717, 1.165) is 24.6 Å². The van der Waals surface area contributed by atoms with Crippen LogP contribution in [0.2, 0.25) is 5.28 Å². The van der Waals surface area contributed by atoms with Gasteiger partial charge in [-0.3, -0.25) is 4.79 Å². The Morgan fingerprint density at radius 1 is 1.40 bits per heavy atom. The Kier molecular flexibility index (Phi) is 5.77. The number of primary amides is 1. The smallest absolute Gasteiger partial charge is 0.224 e. The molecule has 2 saturated carbocycles. The monoisotopic (exact) mass is 434 g/mol. The van der Waals surface area contributed by atoms with Crippen molar-refractivity contribution in [2.75, 3.05) is 17.6 Å². The first-order valence-corrected chi connectivity index (χ1v) is 10.2. The van der Waals surface area contributed by atoms with Crippen LogP contribution in [0.25, 0.3) is 0 Å². The van der Waals surface area contributed by atoms with Gasteiger partial charge in [-0.25, -0.2) is 9.37 Å². The van der Waals surface area contributed by atoms with Crippen molar-refractivity contribution in [1.29, 1.82) is 0 Å². The van der Waals surface area contributed by atoms with Crippen molar-refractivity contribution >= 4 is 29.0 Å². The number of fused-ring (bicyclic) bond motifs is 2. The van der Waals surface area contributed by atoms with Gasteiger partial charge in [-0.15, -0.1) is 0 Å². The lowest BCUT2D eigenvalue weighted by atomic mass is 9.81. The van der Waals surface area contributed by atoms with Gasteiger partial charge in [0.15, 0.2) is 11.6 Å². The van der Waals surface area contributed by atoms with E-state index in [-0.39, 0.29) is 35.0 Å². The number of carbonyl (C=O) groups is 1. The minimum absolute atomic E-state index is 0.0219. The van der Waals surface area contributed by atoms with Gasteiger partial charge >= 0.3 is 0 Å². The van der Waals surface area contributed by atoms with E-state index in [4.69, 9.17) is 23.1 Å². The number of halogens is 2. The van der Waals surface area contributed by atoms with E-state index in [0.29, 0.717) is 12.2 Å². The first kappa shape index (κ1) is 20.8. The molecular weight excluding hydrogens is 411 g/mol. The van der Waals surface area contributed by atoms with Crippen molar-refractivity contribution in [3.63, 3.8) is 0 Å². The molecule has 1 heterocycles.